The number of hydrogen-bond acceptors (Lipinski definition) is 5. The number of benzene rings is 2. The molecule has 0 bridgehead atoms. The van der Waals surface area contributed by atoms with Crippen molar-refractivity contribution in [2.24, 2.45) is 11.7 Å². The highest BCUT2D eigenvalue weighted by atomic mass is 32.2. The summed E-state index contributed by atoms with van der Waals surface area (Å²) in [5, 5.41) is 2.87. The molecule has 1 fully saturated rings. The second-order valence-corrected chi connectivity index (χ2v) is 10.2. The lowest BCUT2D eigenvalue weighted by atomic mass is 9.97. The van der Waals surface area contributed by atoms with Crippen LogP contribution in [0.15, 0.2) is 47.4 Å². The van der Waals surface area contributed by atoms with Crippen LogP contribution in [0.4, 0.5) is 5.69 Å². The van der Waals surface area contributed by atoms with Gasteiger partial charge in [-0.3, -0.25) is 14.3 Å². The molecule has 3 rings (SSSR count). The fraction of sp³-hybridized carbons (Fsp3) is 0.417. The van der Waals surface area contributed by atoms with Crippen molar-refractivity contribution in [2.45, 2.75) is 38.0 Å². The van der Waals surface area contributed by atoms with Gasteiger partial charge in [-0.05, 0) is 75.5 Å². The van der Waals surface area contributed by atoms with E-state index in [2.05, 4.69) is 14.9 Å². The lowest BCUT2D eigenvalue weighted by molar-refractivity contribution is -0.123. The number of nitrogens with zero attached hydrogens (tertiary/aromatic N) is 1. The van der Waals surface area contributed by atoms with Gasteiger partial charge in [0.2, 0.25) is 5.91 Å². The number of rotatable bonds is 9. The maximum atomic E-state index is 13.0. The number of hydrogen-bond donors (Lipinski definition) is 3. The third kappa shape index (κ3) is 6.55. The molecule has 4 N–H and O–H groups in total. The summed E-state index contributed by atoms with van der Waals surface area (Å²) in [5.74, 6) is -0.707. The van der Waals surface area contributed by atoms with Gasteiger partial charge in [0.05, 0.1) is 22.1 Å². The van der Waals surface area contributed by atoms with Gasteiger partial charge in [-0.15, -0.1) is 0 Å². The van der Waals surface area contributed by atoms with Gasteiger partial charge in [0.25, 0.3) is 15.9 Å². The number of primary amides is 1. The zero-order chi connectivity index (χ0) is 24.0. The molecule has 0 aromatic heterocycles. The fourth-order valence-corrected chi connectivity index (χ4v) is 5.47. The Kier molecular flexibility index (Phi) is 8.10. The van der Waals surface area contributed by atoms with E-state index >= 15 is 0 Å². The Hall–Kier alpha value is -2.91. The van der Waals surface area contributed by atoms with E-state index in [1.54, 1.807) is 43.3 Å². The van der Waals surface area contributed by atoms with E-state index in [9.17, 15) is 18.0 Å². The number of para-hydroxylation sites is 1. The zero-order valence-electron chi connectivity index (χ0n) is 19.1. The van der Waals surface area contributed by atoms with Gasteiger partial charge in [0, 0.05) is 13.1 Å². The minimum atomic E-state index is -3.85. The Morgan fingerprint density at radius 3 is 2.67 bits per heavy atom. The summed E-state index contributed by atoms with van der Waals surface area (Å²) in [6, 6.07) is 11.8. The molecule has 178 valence electrons. The Morgan fingerprint density at radius 2 is 1.91 bits per heavy atom. The second-order valence-electron chi connectivity index (χ2n) is 8.57. The first-order chi connectivity index (χ1) is 15.7. The summed E-state index contributed by atoms with van der Waals surface area (Å²) in [7, 11) is -3.85. The molecule has 2 aromatic rings. The molecular weight excluding hydrogens is 440 g/mol. The molecule has 1 unspecified atom stereocenters. The van der Waals surface area contributed by atoms with Crippen LogP contribution in [0.2, 0.25) is 0 Å². The van der Waals surface area contributed by atoms with Crippen LogP contribution in [0, 0.1) is 19.8 Å². The topological polar surface area (TPSA) is 122 Å². The number of nitrogens with two attached hydrogens (primary N) is 1. The minimum absolute atomic E-state index is 0.106. The Bertz CT molecular complexity index is 1120. The molecule has 0 spiro atoms. The van der Waals surface area contributed by atoms with E-state index in [-0.39, 0.29) is 33.9 Å². The number of anilines is 1. The molecule has 2 aromatic carbocycles. The van der Waals surface area contributed by atoms with Crippen LogP contribution in [0.1, 0.15) is 40.7 Å². The standard InChI is InChI=1S/C24H32N4O4S/c1-17-10-11-18(2)22(15-17)33(31,32)27-21-9-4-3-8-20(21)24(30)26-12-6-14-28-13-5-7-19(16-28)23(25)29/h3-4,8-11,15,19,27H,5-7,12-14,16H2,1-2H3,(H2,25,29)(H,26,30). The smallest absolute Gasteiger partial charge is 0.262 e. The summed E-state index contributed by atoms with van der Waals surface area (Å²) in [6.07, 6.45) is 2.48. The van der Waals surface area contributed by atoms with Gasteiger partial charge in [-0.2, -0.15) is 0 Å². The molecule has 1 saturated heterocycles. The van der Waals surface area contributed by atoms with E-state index in [0.29, 0.717) is 25.1 Å². The summed E-state index contributed by atoms with van der Waals surface area (Å²) in [6.45, 7) is 6.34. The van der Waals surface area contributed by atoms with Crippen molar-refractivity contribution in [1.82, 2.24) is 10.2 Å². The number of likely N-dealkylation sites (tertiary alicyclic amines) is 1. The quantitative estimate of drug-likeness (QED) is 0.484. The summed E-state index contributed by atoms with van der Waals surface area (Å²) < 4.78 is 28.5. The van der Waals surface area contributed by atoms with Gasteiger partial charge in [0.1, 0.15) is 0 Å². The maximum absolute atomic E-state index is 13.0. The lowest BCUT2D eigenvalue weighted by Gasteiger charge is -2.31. The molecule has 1 aliphatic rings. The number of nitrogens with one attached hydrogen (secondary N) is 2. The largest absolute Gasteiger partial charge is 0.369 e. The molecule has 1 aliphatic heterocycles. The monoisotopic (exact) mass is 472 g/mol. The van der Waals surface area contributed by atoms with E-state index in [4.69, 9.17) is 5.73 Å². The Labute approximate surface area is 195 Å². The van der Waals surface area contributed by atoms with Crippen LogP contribution in [-0.2, 0) is 14.8 Å². The van der Waals surface area contributed by atoms with Crippen molar-refractivity contribution >= 4 is 27.5 Å². The molecule has 2 amide bonds. The molecule has 33 heavy (non-hydrogen) atoms. The predicted octanol–water partition coefficient (Wildman–Crippen LogP) is 2.42. The van der Waals surface area contributed by atoms with E-state index in [1.165, 1.54) is 0 Å². The number of aryl methyl sites for hydroxylation is 2. The Morgan fingerprint density at radius 1 is 1.15 bits per heavy atom. The number of carbonyl (C=O) groups is 2. The third-order valence-corrected chi connectivity index (χ3v) is 7.40. The maximum Gasteiger partial charge on any atom is 0.262 e. The fourth-order valence-electron chi connectivity index (χ4n) is 4.06. The van der Waals surface area contributed by atoms with Gasteiger partial charge >= 0.3 is 0 Å². The number of piperidine rings is 1. The van der Waals surface area contributed by atoms with Gasteiger partial charge in [0.15, 0.2) is 0 Å². The van der Waals surface area contributed by atoms with E-state index in [0.717, 1.165) is 31.5 Å². The summed E-state index contributed by atoms with van der Waals surface area (Å²) in [5.41, 5.74) is 7.39. The van der Waals surface area contributed by atoms with Crippen LogP contribution < -0.4 is 15.8 Å². The number of amides is 2. The van der Waals surface area contributed by atoms with E-state index in [1.807, 2.05) is 13.0 Å². The average molecular weight is 473 g/mol. The van der Waals surface area contributed by atoms with Gasteiger partial charge in [-0.25, -0.2) is 8.42 Å². The Balaban J connectivity index is 1.60. The summed E-state index contributed by atoms with van der Waals surface area (Å²) >= 11 is 0. The highest BCUT2D eigenvalue weighted by Gasteiger charge is 2.24. The van der Waals surface area contributed by atoms with Crippen molar-refractivity contribution in [3.8, 4) is 0 Å². The average Bonchev–Trinajstić information content (AvgIpc) is 2.78. The normalized spacial score (nSPS) is 16.8. The van der Waals surface area contributed by atoms with Crippen LogP contribution in [0.5, 0.6) is 0 Å². The SMILES string of the molecule is Cc1ccc(C)c(S(=O)(=O)Nc2ccccc2C(=O)NCCCN2CCCC(C(N)=O)C2)c1. The van der Waals surface area contributed by atoms with Crippen molar-refractivity contribution < 1.29 is 18.0 Å². The van der Waals surface area contributed by atoms with Crippen LogP contribution >= 0.6 is 0 Å². The lowest BCUT2D eigenvalue weighted by Crippen LogP contribution is -2.42. The summed E-state index contributed by atoms with van der Waals surface area (Å²) in [4.78, 5) is 26.6. The first kappa shape index (κ1) is 24.7. The van der Waals surface area contributed by atoms with E-state index < -0.39 is 10.0 Å². The highest BCUT2D eigenvalue weighted by Crippen LogP contribution is 2.23. The van der Waals surface area contributed by atoms with Crippen molar-refractivity contribution in [2.75, 3.05) is 30.9 Å². The first-order valence-electron chi connectivity index (χ1n) is 11.2. The van der Waals surface area contributed by atoms with Gasteiger partial charge in [-0.1, -0.05) is 24.3 Å². The molecule has 0 saturated carbocycles. The molecule has 8 nitrogen and oxygen atoms in total. The first-order valence-corrected chi connectivity index (χ1v) is 12.6. The van der Waals surface area contributed by atoms with Crippen molar-refractivity contribution in [3.63, 3.8) is 0 Å². The molecular formula is C24H32N4O4S. The minimum Gasteiger partial charge on any atom is -0.369 e. The van der Waals surface area contributed by atoms with Crippen molar-refractivity contribution in [3.05, 3.63) is 59.2 Å². The van der Waals surface area contributed by atoms with Crippen LogP contribution in [0.3, 0.4) is 0 Å². The molecule has 0 radical (unpaired) electrons. The van der Waals surface area contributed by atoms with Crippen LogP contribution in [0.25, 0.3) is 0 Å². The highest BCUT2D eigenvalue weighted by molar-refractivity contribution is 7.92. The molecule has 1 heterocycles. The second kappa shape index (κ2) is 10.8. The third-order valence-electron chi connectivity index (χ3n) is 5.89. The number of carbonyl (C=O) groups excluding carboxylic acids is 2. The predicted molar refractivity (Wildman–Crippen MR) is 128 cm³/mol. The van der Waals surface area contributed by atoms with Crippen molar-refractivity contribution in [1.29, 1.82) is 0 Å². The zero-order valence-corrected chi connectivity index (χ0v) is 20.0. The van der Waals surface area contributed by atoms with Crippen LogP contribution in [-0.4, -0.2) is 51.3 Å². The molecule has 1 atom stereocenters. The number of sulfonamides is 1. The van der Waals surface area contributed by atoms with Gasteiger partial charge < -0.3 is 16.0 Å². The molecule has 9 heteroatoms. The molecule has 0 aliphatic carbocycles.